The van der Waals surface area contributed by atoms with Crippen LogP contribution < -0.4 is 14.8 Å². The molecule has 3 rings (SSSR count). The lowest BCUT2D eigenvalue weighted by Crippen LogP contribution is -2.51. The molecular formula is C21H20BF6NO4. The van der Waals surface area contributed by atoms with Gasteiger partial charge in [0.2, 0.25) is 0 Å². The number of hydrogen-bond donors (Lipinski definition) is 2. The van der Waals surface area contributed by atoms with E-state index in [0.29, 0.717) is 11.1 Å². The van der Waals surface area contributed by atoms with Crippen LogP contribution >= 0.6 is 0 Å². The van der Waals surface area contributed by atoms with Gasteiger partial charge in [0.1, 0.15) is 11.5 Å². The largest absolute Gasteiger partial charge is 0.573 e. The third-order valence-electron chi connectivity index (χ3n) is 5.13. The molecule has 0 amide bonds. The van der Waals surface area contributed by atoms with E-state index in [2.05, 4.69) is 14.8 Å². The van der Waals surface area contributed by atoms with E-state index < -0.39 is 48.4 Å². The molecule has 2 aromatic carbocycles. The van der Waals surface area contributed by atoms with Gasteiger partial charge in [-0.1, -0.05) is 24.3 Å². The lowest BCUT2D eigenvalue weighted by Gasteiger charge is -2.38. The van der Waals surface area contributed by atoms with Gasteiger partial charge < -0.3 is 24.6 Å². The van der Waals surface area contributed by atoms with Crippen LogP contribution in [0.3, 0.4) is 0 Å². The summed E-state index contributed by atoms with van der Waals surface area (Å²) < 4.78 is 88.6. The van der Waals surface area contributed by atoms with E-state index in [9.17, 15) is 31.4 Å². The Labute approximate surface area is 187 Å². The summed E-state index contributed by atoms with van der Waals surface area (Å²) in [6, 6.07) is 9.76. The Morgan fingerprint density at radius 2 is 1.36 bits per heavy atom. The van der Waals surface area contributed by atoms with Gasteiger partial charge in [-0.3, -0.25) is 0 Å². The average molecular weight is 475 g/mol. The number of benzene rings is 2. The summed E-state index contributed by atoms with van der Waals surface area (Å²) in [5.74, 6) is -1.44. The minimum Gasteiger partial charge on any atom is -0.406 e. The standard InChI is InChI=1S/C21H20BF6NO4/c22-11-29-16-10-31-18(9-17(16)30)19(12-1-5-14(6-2-12)32-20(23,24)25)13-3-7-15(8-4-13)33-21(26,27)28/h1-8,16-19,29-30H,9-11H2/t16-,17?,18+/m1/s1. The monoisotopic (exact) mass is 475 g/mol. The highest BCUT2D eigenvalue weighted by Gasteiger charge is 2.36. The second-order valence-corrected chi connectivity index (χ2v) is 7.40. The van der Waals surface area contributed by atoms with Crippen LogP contribution in [0.25, 0.3) is 0 Å². The van der Waals surface area contributed by atoms with Crippen molar-refractivity contribution in [3.05, 3.63) is 59.7 Å². The van der Waals surface area contributed by atoms with Crippen LogP contribution in [0.2, 0.25) is 0 Å². The van der Waals surface area contributed by atoms with E-state index in [-0.39, 0.29) is 19.5 Å². The van der Waals surface area contributed by atoms with Crippen LogP contribution in [0.15, 0.2) is 48.5 Å². The normalized spacial score (nSPS) is 21.8. The van der Waals surface area contributed by atoms with Gasteiger partial charge in [0, 0.05) is 12.3 Å². The van der Waals surface area contributed by atoms with E-state index in [0.717, 1.165) is 24.3 Å². The molecule has 1 heterocycles. The summed E-state index contributed by atoms with van der Waals surface area (Å²) in [6.07, 6.45) is -10.9. The van der Waals surface area contributed by atoms with E-state index in [1.54, 1.807) is 0 Å². The van der Waals surface area contributed by atoms with Crippen molar-refractivity contribution in [2.45, 2.75) is 43.3 Å². The van der Waals surface area contributed by atoms with Crippen molar-refractivity contribution in [2.24, 2.45) is 0 Å². The summed E-state index contributed by atoms with van der Waals surface area (Å²) in [5.41, 5.74) is 1.05. The van der Waals surface area contributed by atoms with Crippen molar-refractivity contribution in [2.75, 3.05) is 13.1 Å². The fourth-order valence-electron chi connectivity index (χ4n) is 3.76. The minimum absolute atomic E-state index is 0.115. The van der Waals surface area contributed by atoms with Crippen molar-refractivity contribution in [1.29, 1.82) is 0 Å². The second kappa shape index (κ2) is 10.2. The second-order valence-electron chi connectivity index (χ2n) is 7.40. The van der Waals surface area contributed by atoms with Gasteiger partial charge in [-0.05, 0) is 41.8 Å². The zero-order chi connectivity index (χ0) is 24.2. The highest BCUT2D eigenvalue weighted by Crippen LogP contribution is 2.37. The molecule has 2 aromatic rings. The third kappa shape index (κ3) is 7.28. The fourth-order valence-corrected chi connectivity index (χ4v) is 3.76. The molecule has 0 saturated carbocycles. The Kier molecular flexibility index (Phi) is 7.81. The van der Waals surface area contributed by atoms with Crippen LogP contribution in [0.1, 0.15) is 23.5 Å². The molecular weight excluding hydrogens is 455 g/mol. The predicted octanol–water partition coefficient (Wildman–Crippen LogP) is 3.85. The molecule has 0 spiro atoms. The molecule has 0 bridgehead atoms. The first-order valence-corrected chi connectivity index (χ1v) is 9.89. The maximum atomic E-state index is 12.5. The lowest BCUT2D eigenvalue weighted by molar-refractivity contribution is -0.275. The molecule has 2 radical (unpaired) electrons. The number of nitrogens with one attached hydrogen (secondary N) is 1. The van der Waals surface area contributed by atoms with Crippen LogP contribution in [0.5, 0.6) is 11.5 Å². The molecule has 33 heavy (non-hydrogen) atoms. The zero-order valence-electron chi connectivity index (χ0n) is 17.1. The minimum atomic E-state index is -4.85. The predicted molar refractivity (Wildman–Crippen MR) is 106 cm³/mol. The molecule has 5 nitrogen and oxygen atoms in total. The SMILES string of the molecule is [B]CN[C@@H]1CO[C@H](C(c2ccc(OC(F)(F)F)cc2)c2ccc(OC(F)(F)F)cc2)CC1O. The van der Waals surface area contributed by atoms with Crippen LogP contribution in [-0.4, -0.2) is 57.0 Å². The first-order valence-electron chi connectivity index (χ1n) is 9.89. The number of ether oxygens (including phenoxy) is 3. The van der Waals surface area contributed by atoms with Crippen molar-refractivity contribution >= 4 is 7.85 Å². The van der Waals surface area contributed by atoms with Gasteiger partial charge in [-0.25, -0.2) is 0 Å². The van der Waals surface area contributed by atoms with Crippen LogP contribution in [0, 0.1) is 0 Å². The maximum absolute atomic E-state index is 12.5. The van der Waals surface area contributed by atoms with Gasteiger partial charge in [-0.2, -0.15) is 0 Å². The summed E-state index contributed by atoms with van der Waals surface area (Å²) in [4.78, 5) is 0. The van der Waals surface area contributed by atoms with Crippen LogP contribution in [0.4, 0.5) is 26.3 Å². The van der Waals surface area contributed by atoms with Gasteiger partial charge >= 0.3 is 12.7 Å². The number of aliphatic hydroxyl groups is 1. The number of rotatable bonds is 7. The summed E-state index contributed by atoms with van der Waals surface area (Å²) in [5, 5.41) is 13.4. The Hall–Kier alpha value is -2.44. The number of aliphatic hydroxyl groups excluding tert-OH is 1. The average Bonchev–Trinajstić information content (AvgIpc) is 2.70. The summed E-state index contributed by atoms with van der Waals surface area (Å²) in [6.45, 7) is 0.115. The quantitative estimate of drug-likeness (QED) is 0.471. The smallest absolute Gasteiger partial charge is 0.406 e. The van der Waals surface area contributed by atoms with E-state index in [1.165, 1.54) is 24.3 Å². The Balaban J connectivity index is 1.88. The van der Waals surface area contributed by atoms with Crippen molar-refractivity contribution < 1.29 is 45.7 Å². The number of alkyl halides is 6. The topological polar surface area (TPSA) is 60.0 Å². The third-order valence-corrected chi connectivity index (χ3v) is 5.13. The van der Waals surface area contributed by atoms with Gasteiger partial charge in [0.05, 0.1) is 32.7 Å². The van der Waals surface area contributed by atoms with E-state index >= 15 is 0 Å². The first-order chi connectivity index (χ1) is 15.4. The molecule has 1 aliphatic rings. The van der Waals surface area contributed by atoms with Gasteiger partial charge in [-0.15, -0.1) is 26.3 Å². The highest BCUT2D eigenvalue weighted by atomic mass is 19.4. The summed E-state index contributed by atoms with van der Waals surface area (Å²) in [7, 11) is 5.45. The lowest BCUT2D eigenvalue weighted by atomic mass is 9.82. The molecule has 1 unspecified atom stereocenters. The molecule has 1 fully saturated rings. The number of halogens is 6. The highest BCUT2D eigenvalue weighted by molar-refractivity contribution is 6.08. The molecule has 3 atom stereocenters. The first kappa shape index (κ1) is 25.2. The Bertz CT molecular complexity index is 832. The molecule has 1 saturated heterocycles. The maximum Gasteiger partial charge on any atom is 0.573 e. The van der Waals surface area contributed by atoms with Crippen molar-refractivity contribution in [3.8, 4) is 11.5 Å². The molecule has 12 heteroatoms. The van der Waals surface area contributed by atoms with Crippen LogP contribution in [-0.2, 0) is 4.74 Å². The Morgan fingerprint density at radius 1 is 0.909 bits per heavy atom. The summed E-state index contributed by atoms with van der Waals surface area (Å²) >= 11 is 0. The zero-order valence-corrected chi connectivity index (χ0v) is 17.1. The molecule has 0 aromatic heterocycles. The van der Waals surface area contributed by atoms with E-state index in [4.69, 9.17) is 12.6 Å². The Morgan fingerprint density at radius 3 is 1.73 bits per heavy atom. The van der Waals surface area contributed by atoms with Gasteiger partial charge in [0.15, 0.2) is 0 Å². The van der Waals surface area contributed by atoms with Crippen molar-refractivity contribution in [3.63, 3.8) is 0 Å². The van der Waals surface area contributed by atoms with Gasteiger partial charge in [0.25, 0.3) is 0 Å². The fraction of sp³-hybridized carbons (Fsp3) is 0.429. The van der Waals surface area contributed by atoms with Crippen molar-refractivity contribution in [1.82, 2.24) is 5.32 Å². The molecule has 1 aliphatic heterocycles. The van der Waals surface area contributed by atoms with E-state index in [1.807, 2.05) is 0 Å². The molecule has 178 valence electrons. The molecule has 0 aliphatic carbocycles. The number of hydrogen-bond acceptors (Lipinski definition) is 5. The molecule has 2 N–H and O–H groups in total.